The average molecular weight is 485 g/mol. The average Bonchev–Trinajstić information content (AvgIpc) is 3.61. The highest BCUT2D eigenvalue weighted by Crippen LogP contribution is 2.34. The normalized spacial score (nSPS) is 14.1. The minimum atomic E-state index is -0.595. The maximum Gasteiger partial charge on any atom is 0.338 e. The third kappa shape index (κ3) is 5.79. The van der Waals surface area contributed by atoms with Gasteiger partial charge in [-0.1, -0.05) is 41.4 Å². The molecule has 0 saturated heterocycles. The van der Waals surface area contributed by atoms with E-state index in [4.69, 9.17) is 38.4 Å². The van der Waals surface area contributed by atoms with Gasteiger partial charge in [0.25, 0.3) is 0 Å². The van der Waals surface area contributed by atoms with E-state index in [1.807, 2.05) is 32.0 Å². The van der Waals surface area contributed by atoms with Gasteiger partial charge in [0.05, 0.1) is 27.9 Å². The van der Waals surface area contributed by atoms with E-state index in [2.05, 4.69) is 4.98 Å². The van der Waals surface area contributed by atoms with Gasteiger partial charge in [0, 0.05) is 18.8 Å². The summed E-state index contributed by atoms with van der Waals surface area (Å²) in [6.07, 6.45) is 5.12. The van der Waals surface area contributed by atoms with E-state index >= 15 is 0 Å². The molecule has 1 aromatic heterocycles. The first-order valence-corrected chi connectivity index (χ1v) is 11.7. The molecule has 0 bridgehead atoms. The summed E-state index contributed by atoms with van der Waals surface area (Å²) in [5, 5.41) is 0.853. The molecule has 1 fully saturated rings. The van der Waals surface area contributed by atoms with Crippen LogP contribution in [0, 0.1) is 19.8 Å². The van der Waals surface area contributed by atoms with Gasteiger partial charge < -0.3 is 15.2 Å². The monoisotopic (exact) mass is 484 g/mol. The number of nitrogens with zero attached hydrogens (tertiary/aromatic N) is 1. The van der Waals surface area contributed by atoms with Gasteiger partial charge >= 0.3 is 5.97 Å². The molecule has 0 amide bonds. The van der Waals surface area contributed by atoms with Gasteiger partial charge in [-0.05, 0) is 73.1 Å². The first-order valence-electron chi connectivity index (χ1n) is 10.9. The van der Waals surface area contributed by atoms with Crippen LogP contribution in [0.2, 0.25) is 10.0 Å². The molecule has 1 atom stereocenters. The molecule has 7 heteroatoms. The van der Waals surface area contributed by atoms with Crippen LogP contribution in [0.15, 0.2) is 48.8 Å². The van der Waals surface area contributed by atoms with E-state index in [0.29, 0.717) is 51.6 Å². The summed E-state index contributed by atoms with van der Waals surface area (Å²) < 4.78 is 11.8. The zero-order valence-corrected chi connectivity index (χ0v) is 20.1. The second-order valence-corrected chi connectivity index (χ2v) is 9.34. The molecule has 4 rings (SSSR count). The number of rotatable bonds is 8. The number of anilines is 1. The molecule has 1 heterocycles. The van der Waals surface area contributed by atoms with Crippen LogP contribution in [0.3, 0.4) is 0 Å². The highest BCUT2D eigenvalue weighted by molar-refractivity contribution is 6.35. The molecule has 2 aromatic carbocycles. The number of aryl methyl sites for hydroxylation is 2. The van der Waals surface area contributed by atoms with Crippen LogP contribution in [0.5, 0.6) is 5.75 Å². The van der Waals surface area contributed by atoms with Gasteiger partial charge in [-0.15, -0.1) is 0 Å². The van der Waals surface area contributed by atoms with E-state index < -0.39 is 12.1 Å². The number of nitrogens with two attached hydrogens (primary N) is 1. The van der Waals surface area contributed by atoms with Crippen LogP contribution in [-0.4, -0.2) is 17.6 Å². The van der Waals surface area contributed by atoms with Crippen LogP contribution >= 0.6 is 23.2 Å². The van der Waals surface area contributed by atoms with Crippen molar-refractivity contribution < 1.29 is 14.3 Å². The van der Waals surface area contributed by atoms with Crippen molar-refractivity contribution in [1.29, 1.82) is 0 Å². The summed E-state index contributed by atoms with van der Waals surface area (Å²) in [6, 6.07) is 10.9. The van der Waals surface area contributed by atoms with Gasteiger partial charge in [0.15, 0.2) is 0 Å². The van der Waals surface area contributed by atoms with Crippen molar-refractivity contribution in [3.63, 3.8) is 0 Å². The van der Waals surface area contributed by atoms with Gasteiger partial charge in [-0.25, -0.2) is 4.79 Å². The second-order valence-electron chi connectivity index (χ2n) is 8.53. The molecular weight excluding hydrogens is 459 g/mol. The van der Waals surface area contributed by atoms with Crippen molar-refractivity contribution in [3.05, 3.63) is 86.7 Å². The maximum absolute atomic E-state index is 13.2. The topological polar surface area (TPSA) is 74.4 Å². The van der Waals surface area contributed by atoms with E-state index in [1.54, 1.807) is 18.2 Å². The Hall–Kier alpha value is -2.76. The lowest BCUT2D eigenvalue weighted by Gasteiger charge is -2.21. The number of hydrogen-bond donors (Lipinski definition) is 1. The van der Waals surface area contributed by atoms with Gasteiger partial charge in [0.1, 0.15) is 11.9 Å². The Morgan fingerprint density at radius 1 is 1.09 bits per heavy atom. The van der Waals surface area contributed by atoms with Crippen LogP contribution in [-0.2, 0) is 11.2 Å². The SMILES string of the molecule is Cc1ccc([C@H](Cc2c(Cl)cncc2Cl)OC(=O)c2ccc(N)c(OCC3CC3)c2)cc1C. The van der Waals surface area contributed by atoms with Gasteiger partial charge in [0.2, 0.25) is 0 Å². The molecule has 172 valence electrons. The Kier molecular flexibility index (Phi) is 7.11. The highest BCUT2D eigenvalue weighted by atomic mass is 35.5. The lowest BCUT2D eigenvalue weighted by atomic mass is 9.98. The molecule has 1 saturated carbocycles. The number of carbonyl (C=O) groups is 1. The predicted octanol–water partition coefficient (Wildman–Crippen LogP) is 6.52. The summed E-state index contributed by atoms with van der Waals surface area (Å²) in [6.45, 7) is 4.66. The van der Waals surface area contributed by atoms with Crippen molar-refractivity contribution >= 4 is 34.9 Å². The molecular formula is C26H26Cl2N2O3. The van der Waals surface area contributed by atoms with Crippen LogP contribution in [0.25, 0.3) is 0 Å². The van der Waals surface area contributed by atoms with Crippen molar-refractivity contribution in [1.82, 2.24) is 4.98 Å². The van der Waals surface area contributed by atoms with Crippen LogP contribution < -0.4 is 10.5 Å². The summed E-state index contributed by atoms with van der Waals surface area (Å²) in [4.78, 5) is 17.2. The molecule has 2 N–H and O–H groups in total. The molecule has 1 aliphatic rings. The van der Waals surface area contributed by atoms with Crippen molar-refractivity contribution in [2.24, 2.45) is 5.92 Å². The second kappa shape index (κ2) is 10.0. The largest absolute Gasteiger partial charge is 0.491 e. The molecule has 0 unspecified atom stereocenters. The number of halogens is 2. The fourth-order valence-electron chi connectivity index (χ4n) is 3.49. The van der Waals surface area contributed by atoms with Crippen molar-refractivity contribution in [2.45, 2.75) is 39.2 Å². The molecule has 5 nitrogen and oxygen atoms in total. The Morgan fingerprint density at radius 3 is 2.48 bits per heavy atom. The molecule has 0 spiro atoms. The number of benzene rings is 2. The van der Waals surface area contributed by atoms with E-state index in [0.717, 1.165) is 16.7 Å². The lowest BCUT2D eigenvalue weighted by molar-refractivity contribution is 0.0297. The molecule has 33 heavy (non-hydrogen) atoms. The number of hydrogen-bond acceptors (Lipinski definition) is 5. The van der Waals surface area contributed by atoms with Crippen molar-refractivity contribution in [2.75, 3.05) is 12.3 Å². The fourth-order valence-corrected chi connectivity index (χ4v) is 4.01. The third-order valence-corrected chi connectivity index (χ3v) is 6.57. The number of aromatic nitrogens is 1. The van der Waals surface area contributed by atoms with Crippen LogP contribution in [0.4, 0.5) is 5.69 Å². The summed E-state index contributed by atoms with van der Waals surface area (Å²) in [7, 11) is 0. The summed E-state index contributed by atoms with van der Waals surface area (Å²) in [5.74, 6) is 0.596. The Balaban J connectivity index is 1.61. The number of carbonyl (C=O) groups excluding carboxylic acids is 1. The number of esters is 1. The van der Waals surface area contributed by atoms with E-state index in [-0.39, 0.29) is 0 Å². The first-order chi connectivity index (χ1) is 15.8. The maximum atomic E-state index is 13.2. The fraction of sp³-hybridized carbons (Fsp3) is 0.308. The summed E-state index contributed by atoms with van der Waals surface area (Å²) >= 11 is 12.7. The standard InChI is InChI=1S/C26H26Cl2N2O3/c1-15-3-6-18(9-16(15)2)24(11-20-21(27)12-30-13-22(20)28)33-26(31)19-7-8-23(29)25(10-19)32-14-17-4-5-17/h3,6-10,12-13,17,24H,4-5,11,14,29H2,1-2H3/t24-/m0/s1. The zero-order chi connectivity index (χ0) is 23.5. The van der Waals surface area contributed by atoms with Crippen LogP contribution in [0.1, 0.15) is 51.6 Å². The molecule has 1 aliphatic carbocycles. The lowest BCUT2D eigenvalue weighted by Crippen LogP contribution is -2.15. The van der Waals surface area contributed by atoms with Crippen molar-refractivity contribution in [3.8, 4) is 5.75 Å². The smallest absolute Gasteiger partial charge is 0.338 e. The number of ether oxygens (including phenoxy) is 2. The first kappa shape index (κ1) is 23.4. The van der Waals surface area contributed by atoms with Gasteiger partial charge in [-0.3, -0.25) is 4.98 Å². The number of pyridine rings is 1. The minimum absolute atomic E-state index is 0.314. The van der Waals surface area contributed by atoms with E-state index in [1.165, 1.54) is 25.2 Å². The Bertz CT molecular complexity index is 1160. The molecule has 3 aromatic rings. The minimum Gasteiger partial charge on any atom is -0.491 e. The third-order valence-electron chi connectivity index (χ3n) is 5.91. The zero-order valence-electron chi connectivity index (χ0n) is 18.6. The predicted molar refractivity (Wildman–Crippen MR) is 131 cm³/mol. The Morgan fingerprint density at radius 2 is 1.82 bits per heavy atom. The quantitative estimate of drug-likeness (QED) is 0.291. The Labute approximate surface area is 203 Å². The molecule has 0 radical (unpaired) electrons. The number of nitrogen functional groups attached to an aromatic ring is 1. The van der Waals surface area contributed by atoms with Gasteiger partial charge in [-0.2, -0.15) is 0 Å². The van der Waals surface area contributed by atoms with E-state index in [9.17, 15) is 4.79 Å². The highest BCUT2D eigenvalue weighted by Gasteiger charge is 2.24. The molecule has 0 aliphatic heterocycles. The summed E-state index contributed by atoms with van der Waals surface area (Å²) in [5.41, 5.74) is 10.7.